The van der Waals surface area contributed by atoms with E-state index in [9.17, 15) is 23.2 Å². The Morgan fingerprint density at radius 2 is 1.21 bits per heavy atom. The summed E-state index contributed by atoms with van der Waals surface area (Å²) in [5.41, 5.74) is -0.883. The van der Waals surface area contributed by atoms with Crippen LogP contribution in [0.2, 0.25) is 20.1 Å². The van der Waals surface area contributed by atoms with Crippen molar-refractivity contribution in [3.63, 3.8) is 0 Å². The Labute approximate surface area is 186 Å². The van der Waals surface area contributed by atoms with Crippen LogP contribution < -0.4 is 0 Å². The lowest BCUT2D eigenvalue weighted by atomic mass is 9.83. The van der Waals surface area contributed by atoms with Crippen molar-refractivity contribution >= 4 is 56.5 Å². The van der Waals surface area contributed by atoms with Gasteiger partial charge in [-0.15, -0.1) is 0 Å². The second-order valence-corrected chi connectivity index (χ2v) is 9.25. The molecule has 0 aromatic heterocycles. The molecule has 3 aromatic rings. The van der Waals surface area contributed by atoms with E-state index in [1.54, 1.807) is 0 Å². The first-order chi connectivity index (χ1) is 13.5. The molecule has 0 saturated carbocycles. The monoisotopic (exact) mass is 492 g/mol. The van der Waals surface area contributed by atoms with Crippen LogP contribution in [0, 0.1) is 0 Å². The largest absolute Gasteiger partial charge is 0.508 e. The average molecular weight is 494 g/mol. The minimum absolute atomic E-state index is 0.126. The molecule has 0 aliphatic carbocycles. The van der Waals surface area contributed by atoms with Crippen LogP contribution in [0.1, 0.15) is 16.7 Å². The molecule has 0 heterocycles. The van der Waals surface area contributed by atoms with Gasteiger partial charge in [0.2, 0.25) is 0 Å². The van der Waals surface area contributed by atoms with Crippen LogP contribution in [0.25, 0.3) is 0 Å². The molecule has 152 valence electrons. The Morgan fingerprint density at radius 1 is 0.724 bits per heavy atom. The molecule has 3 rings (SSSR count). The molecule has 0 bridgehead atoms. The maximum Gasteiger partial charge on any atom is 0.283 e. The van der Waals surface area contributed by atoms with Gasteiger partial charge in [-0.3, -0.25) is 4.55 Å². The smallest absolute Gasteiger partial charge is 0.283 e. The predicted molar refractivity (Wildman–Crippen MR) is 114 cm³/mol. The summed E-state index contributed by atoms with van der Waals surface area (Å²) in [4.78, 5) is 0. The van der Waals surface area contributed by atoms with Crippen molar-refractivity contribution < 1.29 is 23.2 Å². The van der Waals surface area contributed by atoms with Crippen molar-refractivity contribution in [2.24, 2.45) is 0 Å². The van der Waals surface area contributed by atoms with E-state index < -0.39 is 20.6 Å². The zero-order valence-electron chi connectivity index (χ0n) is 14.3. The molecule has 0 fully saturated rings. The Hall–Kier alpha value is -1.67. The fourth-order valence-corrected chi connectivity index (χ4v) is 6.36. The Morgan fingerprint density at radius 3 is 1.69 bits per heavy atom. The van der Waals surface area contributed by atoms with Gasteiger partial charge in [0.25, 0.3) is 10.1 Å². The number of phenolic OH excluding ortho intramolecular Hbond substituents is 2. The molecule has 10 heteroatoms. The minimum atomic E-state index is -5.19. The SMILES string of the molecule is O=S(=O)(O)C(c1ccccc1O)(c1c(Cl)cccc1Cl)c1c(Cl)cc(O)cc1Cl. The number of hydrogen-bond donors (Lipinski definition) is 3. The fourth-order valence-electron chi connectivity index (χ4n) is 3.29. The number of hydrogen-bond acceptors (Lipinski definition) is 4. The van der Waals surface area contributed by atoms with Crippen molar-refractivity contribution in [2.45, 2.75) is 4.75 Å². The van der Waals surface area contributed by atoms with Gasteiger partial charge in [-0.2, -0.15) is 8.42 Å². The Balaban J connectivity index is 2.71. The standard InChI is InChI=1S/C19H12Cl4O5S/c20-12-5-3-6-13(21)17(12)19(29(26,27)28,11-4-1-2-7-16(11)25)18-14(22)8-10(24)9-15(18)23/h1-9,24-25H,(H,26,27,28). The first-order valence-corrected chi connectivity index (χ1v) is 10.9. The van der Waals surface area contributed by atoms with Gasteiger partial charge in [0.1, 0.15) is 11.5 Å². The lowest BCUT2D eigenvalue weighted by Crippen LogP contribution is -2.39. The maximum atomic E-state index is 13.0. The van der Waals surface area contributed by atoms with E-state index in [-0.39, 0.29) is 42.5 Å². The van der Waals surface area contributed by atoms with E-state index in [0.29, 0.717) is 0 Å². The van der Waals surface area contributed by atoms with Crippen molar-refractivity contribution in [2.75, 3.05) is 0 Å². The zero-order chi connectivity index (χ0) is 21.6. The molecule has 3 aromatic carbocycles. The number of halogens is 4. The quantitative estimate of drug-likeness (QED) is 0.311. The average Bonchev–Trinajstić information content (AvgIpc) is 2.58. The summed E-state index contributed by atoms with van der Waals surface area (Å²) in [6.45, 7) is 0. The second-order valence-electron chi connectivity index (χ2n) is 6.05. The van der Waals surface area contributed by atoms with E-state index in [1.807, 2.05) is 0 Å². The van der Waals surface area contributed by atoms with Crippen LogP contribution in [-0.4, -0.2) is 23.2 Å². The van der Waals surface area contributed by atoms with Crippen LogP contribution >= 0.6 is 46.4 Å². The third kappa shape index (κ3) is 3.54. The van der Waals surface area contributed by atoms with Crippen molar-refractivity contribution in [1.29, 1.82) is 0 Å². The summed E-state index contributed by atoms with van der Waals surface area (Å²) in [6, 6.07) is 11.7. The minimum Gasteiger partial charge on any atom is -0.508 e. The number of benzene rings is 3. The Kier molecular flexibility index (Phi) is 5.98. The normalized spacial score (nSPS) is 13.8. The highest BCUT2D eigenvalue weighted by atomic mass is 35.5. The number of para-hydroxylation sites is 1. The van der Waals surface area contributed by atoms with Crippen molar-refractivity contribution in [1.82, 2.24) is 0 Å². The molecule has 0 radical (unpaired) electrons. The van der Waals surface area contributed by atoms with Crippen molar-refractivity contribution in [3.8, 4) is 11.5 Å². The maximum absolute atomic E-state index is 13.0. The number of phenols is 2. The summed E-state index contributed by atoms with van der Waals surface area (Å²) in [5, 5.41) is 19.5. The molecule has 0 spiro atoms. The third-order valence-corrected chi connectivity index (χ3v) is 6.99. The summed E-state index contributed by atoms with van der Waals surface area (Å²) < 4.78 is 34.0. The van der Waals surface area contributed by atoms with E-state index >= 15 is 0 Å². The molecule has 0 aliphatic heterocycles. The molecular weight excluding hydrogens is 482 g/mol. The van der Waals surface area contributed by atoms with E-state index in [0.717, 1.165) is 12.1 Å². The number of aromatic hydroxyl groups is 2. The van der Waals surface area contributed by atoms with Crippen LogP contribution in [-0.2, 0) is 14.9 Å². The van der Waals surface area contributed by atoms with Crippen molar-refractivity contribution in [3.05, 3.63) is 91.4 Å². The van der Waals surface area contributed by atoms with Crippen LogP contribution in [0.15, 0.2) is 54.6 Å². The van der Waals surface area contributed by atoms with Gasteiger partial charge in [0.15, 0.2) is 4.75 Å². The molecular formula is C19H12Cl4O5S. The van der Waals surface area contributed by atoms with E-state index in [4.69, 9.17) is 46.4 Å². The fraction of sp³-hybridized carbons (Fsp3) is 0.0526. The van der Waals surface area contributed by atoms with Gasteiger partial charge in [-0.05, 0) is 30.3 Å². The van der Waals surface area contributed by atoms with E-state index in [2.05, 4.69) is 0 Å². The van der Waals surface area contributed by atoms with Gasteiger partial charge in [-0.1, -0.05) is 70.7 Å². The lowest BCUT2D eigenvalue weighted by molar-refractivity contribution is 0.440. The summed E-state index contributed by atoms with van der Waals surface area (Å²) >= 11 is 25.2. The van der Waals surface area contributed by atoms with Gasteiger partial charge < -0.3 is 10.2 Å². The van der Waals surface area contributed by atoms with Gasteiger partial charge in [-0.25, -0.2) is 0 Å². The number of rotatable bonds is 4. The first-order valence-electron chi connectivity index (χ1n) is 7.90. The topological polar surface area (TPSA) is 94.8 Å². The summed E-state index contributed by atoms with van der Waals surface area (Å²) in [6.07, 6.45) is 0. The highest BCUT2D eigenvalue weighted by molar-refractivity contribution is 7.87. The second kappa shape index (κ2) is 7.87. The molecule has 1 atom stereocenters. The molecule has 0 aliphatic rings. The molecule has 1 unspecified atom stereocenters. The predicted octanol–water partition coefficient (Wildman–Crippen LogP) is 5.89. The third-order valence-electron chi connectivity index (χ3n) is 4.36. The van der Waals surface area contributed by atoms with Crippen LogP contribution in [0.3, 0.4) is 0 Å². The summed E-state index contributed by atoms with van der Waals surface area (Å²) in [5.74, 6) is -0.822. The van der Waals surface area contributed by atoms with Gasteiger partial charge in [0, 0.05) is 26.7 Å². The first kappa shape index (κ1) is 22.0. The highest BCUT2D eigenvalue weighted by Crippen LogP contribution is 2.55. The van der Waals surface area contributed by atoms with Crippen LogP contribution in [0.4, 0.5) is 0 Å². The zero-order valence-corrected chi connectivity index (χ0v) is 18.1. The molecule has 5 nitrogen and oxygen atoms in total. The van der Waals surface area contributed by atoms with Crippen LogP contribution in [0.5, 0.6) is 11.5 Å². The lowest BCUT2D eigenvalue weighted by Gasteiger charge is -2.35. The Bertz CT molecular complexity index is 1170. The van der Waals surface area contributed by atoms with Gasteiger partial charge >= 0.3 is 0 Å². The van der Waals surface area contributed by atoms with E-state index in [1.165, 1.54) is 42.5 Å². The molecule has 0 saturated heterocycles. The van der Waals surface area contributed by atoms with Gasteiger partial charge in [0.05, 0.1) is 10.0 Å². The summed E-state index contributed by atoms with van der Waals surface area (Å²) in [7, 11) is -5.19. The molecule has 3 N–H and O–H groups in total. The highest BCUT2D eigenvalue weighted by Gasteiger charge is 2.54. The molecule has 0 amide bonds. The molecule has 29 heavy (non-hydrogen) atoms.